The Morgan fingerprint density at radius 2 is 2.50 bits per heavy atom. The molecule has 1 saturated heterocycles. The molecule has 16 heavy (non-hydrogen) atoms. The minimum absolute atomic E-state index is 0.445. The third-order valence-electron chi connectivity index (χ3n) is 3.18. The second-order valence-corrected chi connectivity index (χ2v) is 4.53. The second-order valence-electron chi connectivity index (χ2n) is 4.53. The highest BCUT2D eigenvalue weighted by atomic mass is 16.5. The van der Waals surface area contributed by atoms with Crippen molar-refractivity contribution in [1.82, 2.24) is 15.1 Å². The van der Waals surface area contributed by atoms with Gasteiger partial charge in [-0.1, -0.05) is 6.92 Å². The van der Waals surface area contributed by atoms with E-state index in [-0.39, 0.29) is 0 Å². The van der Waals surface area contributed by atoms with E-state index in [1.807, 2.05) is 17.9 Å². The van der Waals surface area contributed by atoms with Crippen LogP contribution in [-0.2, 0) is 18.3 Å². The minimum Gasteiger partial charge on any atom is -0.378 e. The fourth-order valence-corrected chi connectivity index (χ4v) is 2.18. The van der Waals surface area contributed by atoms with Gasteiger partial charge in [-0.2, -0.15) is 5.10 Å². The molecule has 90 valence electrons. The molecule has 0 amide bonds. The summed E-state index contributed by atoms with van der Waals surface area (Å²) in [7, 11) is 1.95. The molecule has 0 spiro atoms. The summed E-state index contributed by atoms with van der Waals surface area (Å²) >= 11 is 0. The number of hydrogen-bond donors (Lipinski definition) is 1. The van der Waals surface area contributed by atoms with Gasteiger partial charge in [0.05, 0.1) is 12.3 Å². The lowest BCUT2D eigenvalue weighted by molar-refractivity contribution is -0.000319. The van der Waals surface area contributed by atoms with Crippen molar-refractivity contribution in [3.05, 3.63) is 18.0 Å². The van der Waals surface area contributed by atoms with Crippen LogP contribution in [-0.4, -0.2) is 28.5 Å². The molecule has 1 aromatic rings. The Morgan fingerprint density at radius 1 is 1.62 bits per heavy atom. The lowest BCUT2D eigenvalue weighted by Crippen LogP contribution is -2.38. The van der Waals surface area contributed by atoms with Gasteiger partial charge in [-0.05, 0) is 19.3 Å². The van der Waals surface area contributed by atoms with Gasteiger partial charge in [0, 0.05) is 38.0 Å². The molecule has 4 nitrogen and oxygen atoms in total. The van der Waals surface area contributed by atoms with Crippen molar-refractivity contribution in [3.63, 3.8) is 0 Å². The van der Waals surface area contributed by atoms with Crippen molar-refractivity contribution < 1.29 is 4.74 Å². The lowest BCUT2D eigenvalue weighted by atomic mass is 10.0. The Kier molecular flexibility index (Phi) is 3.96. The molecule has 0 saturated carbocycles. The van der Waals surface area contributed by atoms with Gasteiger partial charge in [0.2, 0.25) is 0 Å². The van der Waals surface area contributed by atoms with Gasteiger partial charge < -0.3 is 10.1 Å². The highest BCUT2D eigenvalue weighted by Crippen LogP contribution is 2.16. The highest BCUT2D eigenvalue weighted by Gasteiger charge is 2.20. The molecule has 1 aromatic heterocycles. The van der Waals surface area contributed by atoms with Crippen LogP contribution in [0.15, 0.2) is 12.4 Å². The van der Waals surface area contributed by atoms with Crippen LogP contribution in [0.1, 0.15) is 31.7 Å². The number of aryl methyl sites for hydroxylation is 1. The van der Waals surface area contributed by atoms with Gasteiger partial charge in [-0.25, -0.2) is 0 Å². The SMILES string of the molecule is CCC1CC(NCc2cnn(C)c2)CCO1. The lowest BCUT2D eigenvalue weighted by Gasteiger charge is -2.29. The van der Waals surface area contributed by atoms with Gasteiger partial charge in [0.25, 0.3) is 0 Å². The molecule has 1 aliphatic heterocycles. The molecule has 0 radical (unpaired) electrons. The number of nitrogens with zero attached hydrogens (tertiary/aromatic N) is 2. The van der Waals surface area contributed by atoms with Crippen molar-refractivity contribution in [2.75, 3.05) is 6.61 Å². The van der Waals surface area contributed by atoms with Crippen LogP contribution in [0, 0.1) is 0 Å². The Labute approximate surface area is 97.0 Å². The van der Waals surface area contributed by atoms with Crippen LogP contribution in [0.3, 0.4) is 0 Å². The van der Waals surface area contributed by atoms with Gasteiger partial charge >= 0.3 is 0 Å². The Morgan fingerprint density at radius 3 is 3.19 bits per heavy atom. The molecule has 0 bridgehead atoms. The zero-order chi connectivity index (χ0) is 11.4. The number of nitrogens with one attached hydrogen (secondary N) is 1. The van der Waals surface area contributed by atoms with E-state index in [1.165, 1.54) is 5.56 Å². The molecule has 2 heterocycles. The summed E-state index contributed by atoms with van der Waals surface area (Å²) < 4.78 is 7.50. The van der Waals surface area contributed by atoms with E-state index in [2.05, 4.69) is 23.5 Å². The van der Waals surface area contributed by atoms with Crippen LogP contribution in [0.2, 0.25) is 0 Å². The Bertz CT molecular complexity index is 324. The van der Waals surface area contributed by atoms with Crippen LogP contribution < -0.4 is 5.32 Å². The third-order valence-corrected chi connectivity index (χ3v) is 3.18. The molecule has 1 N–H and O–H groups in total. The number of hydrogen-bond acceptors (Lipinski definition) is 3. The molecule has 4 heteroatoms. The maximum Gasteiger partial charge on any atom is 0.0587 e. The average molecular weight is 223 g/mol. The molecule has 1 fully saturated rings. The largest absolute Gasteiger partial charge is 0.378 e. The summed E-state index contributed by atoms with van der Waals surface area (Å²) in [4.78, 5) is 0. The first-order chi connectivity index (χ1) is 7.78. The van der Waals surface area contributed by atoms with Crippen LogP contribution in [0.4, 0.5) is 0 Å². The normalized spacial score (nSPS) is 25.9. The summed E-state index contributed by atoms with van der Waals surface area (Å²) in [6, 6.07) is 0.596. The smallest absolute Gasteiger partial charge is 0.0587 e. The third kappa shape index (κ3) is 3.06. The summed E-state index contributed by atoms with van der Waals surface area (Å²) in [5, 5.41) is 7.75. The van der Waals surface area contributed by atoms with E-state index in [0.717, 1.165) is 32.4 Å². The first kappa shape index (κ1) is 11.6. The molecule has 2 unspecified atom stereocenters. The molecule has 1 aliphatic rings. The predicted octanol–water partition coefficient (Wildman–Crippen LogP) is 1.47. The van der Waals surface area contributed by atoms with E-state index < -0.39 is 0 Å². The van der Waals surface area contributed by atoms with Crippen molar-refractivity contribution in [2.45, 2.75) is 44.9 Å². The minimum atomic E-state index is 0.445. The van der Waals surface area contributed by atoms with Crippen molar-refractivity contribution in [3.8, 4) is 0 Å². The predicted molar refractivity (Wildman–Crippen MR) is 63.1 cm³/mol. The van der Waals surface area contributed by atoms with Gasteiger partial charge in [-0.3, -0.25) is 4.68 Å². The first-order valence-electron chi connectivity index (χ1n) is 6.10. The van der Waals surface area contributed by atoms with Crippen LogP contribution in [0.25, 0.3) is 0 Å². The fourth-order valence-electron chi connectivity index (χ4n) is 2.18. The molecule has 0 aromatic carbocycles. The molecule has 2 atom stereocenters. The number of aromatic nitrogens is 2. The Balaban J connectivity index is 1.77. The molecular weight excluding hydrogens is 202 g/mol. The molecule has 2 rings (SSSR count). The molecular formula is C12H21N3O. The van der Waals surface area contributed by atoms with E-state index in [9.17, 15) is 0 Å². The van der Waals surface area contributed by atoms with Crippen LogP contribution >= 0.6 is 0 Å². The number of rotatable bonds is 4. The van der Waals surface area contributed by atoms with E-state index in [4.69, 9.17) is 4.74 Å². The van der Waals surface area contributed by atoms with E-state index in [0.29, 0.717) is 12.1 Å². The van der Waals surface area contributed by atoms with E-state index in [1.54, 1.807) is 0 Å². The summed E-state index contributed by atoms with van der Waals surface area (Å²) in [6.07, 6.45) is 7.80. The van der Waals surface area contributed by atoms with Crippen molar-refractivity contribution >= 4 is 0 Å². The van der Waals surface area contributed by atoms with Crippen molar-refractivity contribution in [1.29, 1.82) is 0 Å². The summed E-state index contributed by atoms with van der Waals surface area (Å²) in [6.45, 7) is 3.99. The summed E-state index contributed by atoms with van der Waals surface area (Å²) in [5.74, 6) is 0. The first-order valence-corrected chi connectivity index (χ1v) is 6.10. The van der Waals surface area contributed by atoms with E-state index >= 15 is 0 Å². The maximum atomic E-state index is 5.66. The average Bonchev–Trinajstić information content (AvgIpc) is 2.73. The van der Waals surface area contributed by atoms with Gasteiger partial charge in [0.1, 0.15) is 0 Å². The van der Waals surface area contributed by atoms with Crippen LogP contribution in [0.5, 0.6) is 0 Å². The quantitative estimate of drug-likeness (QED) is 0.840. The highest BCUT2D eigenvalue weighted by molar-refractivity contribution is 5.03. The maximum absolute atomic E-state index is 5.66. The van der Waals surface area contributed by atoms with Gasteiger partial charge in [-0.15, -0.1) is 0 Å². The van der Waals surface area contributed by atoms with Crippen molar-refractivity contribution in [2.24, 2.45) is 7.05 Å². The monoisotopic (exact) mass is 223 g/mol. The standard InChI is InChI=1S/C12H21N3O/c1-3-12-6-11(4-5-16-12)13-7-10-8-14-15(2)9-10/h8-9,11-13H,3-7H2,1-2H3. The fraction of sp³-hybridized carbons (Fsp3) is 0.750. The topological polar surface area (TPSA) is 39.1 Å². The zero-order valence-corrected chi connectivity index (χ0v) is 10.1. The second kappa shape index (κ2) is 5.46. The number of ether oxygens (including phenoxy) is 1. The Hall–Kier alpha value is -0.870. The van der Waals surface area contributed by atoms with Gasteiger partial charge in [0.15, 0.2) is 0 Å². The zero-order valence-electron chi connectivity index (χ0n) is 10.1. The summed E-state index contributed by atoms with van der Waals surface area (Å²) in [5.41, 5.74) is 1.25. The molecule has 0 aliphatic carbocycles.